The molecule has 0 aliphatic carbocycles. The van der Waals surface area contributed by atoms with E-state index in [-0.39, 0.29) is 16.9 Å². The van der Waals surface area contributed by atoms with Gasteiger partial charge in [-0.15, -0.1) is 0 Å². The molecule has 0 fully saturated rings. The Kier molecular flexibility index (Phi) is 6.70. The van der Waals surface area contributed by atoms with Crippen LogP contribution >= 0.6 is 0 Å². The van der Waals surface area contributed by atoms with E-state index in [1.54, 1.807) is 6.07 Å². The second-order valence-corrected chi connectivity index (χ2v) is 5.60. The molecule has 0 unspecified atom stereocenters. The van der Waals surface area contributed by atoms with E-state index in [1.807, 2.05) is 0 Å². The molecule has 2 aromatic rings. The molecule has 1 atom stereocenters. The number of amides is 1. The summed E-state index contributed by atoms with van der Waals surface area (Å²) in [6.45, 7) is 0.952. The van der Waals surface area contributed by atoms with E-state index in [2.05, 4.69) is 5.32 Å². The van der Waals surface area contributed by atoms with Crippen molar-refractivity contribution in [3.05, 3.63) is 59.2 Å². The van der Waals surface area contributed by atoms with Gasteiger partial charge in [-0.1, -0.05) is 6.07 Å². The minimum Gasteiger partial charge on any atom is -0.497 e. The van der Waals surface area contributed by atoms with Crippen LogP contribution in [0.15, 0.2) is 36.4 Å². The molecule has 0 heterocycles. The van der Waals surface area contributed by atoms with Crippen molar-refractivity contribution in [2.24, 2.45) is 0 Å². The summed E-state index contributed by atoms with van der Waals surface area (Å²) in [7, 11) is 2.84. The predicted octanol–water partition coefficient (Wildman–Crippen LogP) is 3.02. The molecule has 0 aromatic heterocycles. The number of methoxy groups -OCH3 is 2. The molecule has 0 radical (unpaired) electrons. The van der Waals surface area contributed by atoms with Gasteiger partial charge in [0.25, 0.3) is 5.91 Å². The highest BCUT2D eigenvalue weighted by molar-refractivity contribution is 5.94. The molecule has 2 aromatic carbocycles. The number of ether oxygens (including phenoxy) is 3. The zero-order valence-electron chi connectivity index (χ0n) is 15.0. The van der Waals surface area contributed by atoms with Gasteiger partial charge in [-0.3, -0.25) is 4.79 Å². The Morgan fingerprint density at radius 3 is 2.44 bits per heavy atom. The summed E-state index contributed by atoms with van der Waals surface area (Å²) >= 11 is 0. The first-order chi connectivity index (χ1) is 12.8. The van der Waals surface area contributed by atoms with Crippen molar-refractivity contribution in [1.82, 2.24) is 5.32 Å². The lowest BCUT2D eigenvalue weighted by Crippen LogP contribution is -2.31. The first kappa shape index (κ1) is 20.2. The van der Waals surface area contributed by atoms with E-state index >= 15 is 0 Å². The van der Waals surface area contributed by atoms with Crippen LogP contribution in [0, 0.1) is 11.6 Å². The van der Waals surface area contributed by atoms with E-state index in [0.717, 1.165) is 12.1 Å². The summed E-state index contributed by atoms with van der Waals surface area (Å²) in [6, 6.07) is 6.90. The Morgan fingerprint density at radius 1 is 1.07 bits per heavy atom. The van der Waals surface area contributed by atoms with E-state index < -0.39 is 36.2 Å². The molecule has 0 bridgehead atoms. The first-order valence-electron chi connectivity index (χ1n) is 7.99. The number of hydrogen-bond donors (Lipinski definition) is 1. The van der Waals surface area contributed by atoms with Crippen molar-refractivity contribution in [2.45, 2.75) is 13.0 Å². The molecular weight excluding hydrogens is 360 g/mol. The fourth-order valence-electron chi connectivity index (χ4n) is 2.40. The fraction of sp³-hybridized carbons (Fsp3) is 0.263. The number of nitrogens with one attached hydrogen (secondary N) is 1. The van der Waals surface area contributed by atoms with Crippen molar-refractivity contribution in [3.63, 3.8) is 0 Å². The topological polar surface area (TPSA) is 73.9 Å². The van der Waals surface area contributed by atoms with Crippen LogP contribution in [0.3, 0.4) is 0 Å². The lowest BCUT2D eigenvalue weighted by Gasteiger charge is -2.15. The third-order valence-corrected chi connectivity index (χ3v) is 3.77. The zero-order valence-corrected chi connectivity index (χ0v) is 15.0. The number of halogens is 2. The smallest absolute Gasteiger partial charge is 0.342 e. The molecule has 6 nitrogen and oxygen atoms in total. The molecular formula is C19H19F2NO5. The Labute approximate surface area is 155 Å². The molecule has 0 saturated carbocycles. The van der Waals surface area contributed by atoms with Crippen molar-refractivity contribution < 1.29 is 32.6 Å². The molecule has 0 aliphatic rings. The normalized spacial score (nSPS) is 11.4. The summed E-state index contributed by atoms with van der Waals surface area (Å²) in [5.74, 6) is -2.21. The molecule has 27 heavy (non-hydrogen) atoms. The Morgan fingerprint density at radius 2 is 1.81 bits per heavy atom. The molecule has 2 rings (SSSR count). The summed E-state index contributed by atoms with van der Waals surface area (Å²) in [5, 5.41) is 2.48. The van der Waals surface area contributed by atoms with Crippen LogP contribution in [0.5, 0.6) is 11.5 Å². The SMILES string of the molecule is COc1ccc(OC)c(C(=O)OCC(=O)N[C@H](C)c2ccc(F)cc2F)c1. The highest BCUT2D eigenvalue weighted by Crippen LogP contribution is 2.24. The second-order valence-electron chi connectivity index (χ2n) is 5.60. The number of hydrogen-bond acceptors (Lipinski definition) is 5. The molecule has 0 saturated heterocycles. The maximum absolute atomic E-state index is 13.7. The lowest BCUT2D eigenvalue weighted by atomic mass is 10.1. The number of carbonyl (C=O) groups excluding carboxylic acids is 2. The van der Waals surface area contributed by atoms with Crippen molar-refractivity contribution >= 4 is 11.9 Å². The fourth-order valence-corrected chi connectivity index (χ4v) is 2.40. The number of esters is 1. The maximum atomic E-state index is 13.7. The van der Waals surface area contributed by atoms with Crippen LogP contribution in [0.1, 0.15) is 28.9 Å². The average molecular weight is 379 g/mol. The Bertz CT molecular complexity index is 841. The molecule has 0 spiro atoms. The minimum absolute atomic E-state index is 0.0993. The summed E-state index contributed by atoms with van der Waals surface area (Å²) in [6.07, 6.45) is 0. The maximum Gasteiger partial charge on any atom is 0.342 e. The lowest BCUT2D eigenvalue weighted by molar-refractivity contribution is -0.124. The van der Waals surface area contributed by atoms with Gasteiger partial charge < -0.3 is 19.5 Å². The van der Waals surface area contributed by atoms with Crippen molar-refractivity contribution in [1.29, 1.82) is 0 Å². The van der Waals surface area contributed by atoms with Crippen LogP contribution in [-0.2, 0) is 9.53 Å². The predicted molar refractivity (Wildman–Crippen MR) is 92.7 cm³/mol. The minimum atomic E-state index is -0.777. The third kappa shape index (κ3) is 5.16. The van der Waals surface area contributed by atoms with Gasteiger partial charge in [0.2, 0.25) is 0 Å². The van der Waals surface area contributed by atoms with E-state index in [4.69, 9.17) is 14.2 Å². The molecule has 144 valence electrons. The quantitative estimate of drug-likeness (QED) is 0.749. The van der Waals surface area contributed by atoms with E-state index in [9.17, 15) is 18.4 Å². The van der Waals surface area contributed by atoms with Crippen LogP contribution in [0.2, 0.25) is 0 Å². The molecule has 8 heteroatoms. The standard InChI is InChI=1S/C19H19F2NO5/c1-11(14-6-4-12(20)8-16(14)21)22-18(23)10-27-19(24)15-9-13(25-2)5-7-17(15)26-3/h4-9,11H,10H2,1-3H3,(H,22,23)/t11-/m1/s1. The van der Waals surface area contributed by atoms with Gasteiger partial charge in [-0.2, -0.15) is 0 Å². The van der Waals surface area contributed by atoms with E-state index in [1.165, 1.54) is 39.3 Å². The highest BCUT2D eigenvalue weighted by Gasteiger charge is 2.18. The van der Waals surface area contributed by atoms with Gasteiger partial charge in [0, 0.05) is 11.6 Å². The van der Waals surface area contributed by atoms with Crippen LogP contribution < -0.4 is 14.8 Å². The van der Waals surface area contributed by atoms with Crippen LogP contribution in [-0.4, -0.2) is 32.7 Å². The Balaban J connectivity index is 1.98. The molecule has 0 aliphatic heterocycles. The molecule has 1 N–H and O–H groups in total. The summed E-state index contributed by atoms with van der Waals surface area (Å²) in [4.78, 5) is 24.2. The monoisotopic (exact) mass is 379 g/mol. The van der Waals surface area contributed by atoms with Gasteiger partial charge in [0.05, 0.1) is 20.3 Å². The van der Waals surface area contributed by atoms with Crippen molar-refractivity contribution in [3.8, 4) is 11.5 Å². The molecule has 1 amide bonds. The summed E-state index contributed by atoms with van der Waals surface area (Å²) < 4.78 is 41.8. The highest BCUT2D eigenvalue weighted by atomic mass is 19.1. The number of benzene rings is 2. The van der Waals surface area contributed by atoms with Gasteiger partial charge in [0.1, 0.15) is 28.7 Å². The van der Waals surface area contributed by atoms with Crippen LogP contribution in [0.4, 0.5) is 8.78 Å². The van der Waals surface area contributed by atoms with E-state index in [0.29, 0.717) is 5.75 Å². The van der Waals surface area contributed by atoms with Crippen LogP contribution in [0.25, 0.3) is 0 Å². The second kappa shape index (κ2) is 8.98. The van der Waals surface area contributed by atoms with Gasteiger partial charge in [0.15, 0.2) is 6.61 Å². The third-order valence-electron chi connectivity index (χ3n) is 3.77. The van der Waals surface area contributed by atoms with Crippen molar-refractivity contribution in [2.75, 3.05) is 20.8 Å². The number of carbonyl (C=O) groups is 2. The number of rotatable bonds is 7. The van der Waals surface area contributed by atoms with Gasteiger partial charge in [-0.05, 0) is 31.2 Å². The first-order valence-corrected chi connectivity index (χ1v) is 7.99. The summed E-state index contributed by atoms with van der Waals surface area (Å²) in [5.41, 5.74) is 0.216. The zero-order chi connectivity index (χ0) is 20.0. The average Bonchev–Trinajstić information content (AvgIpc) is 2.65. The van der Waals surface area contributed by atoms with Gasteiger partial charge >= 0.3 is 5.97 Å². The largest absolute Gasteiger partial charge is 0.497 e. The van der Waals surface area contributed by atoms with Gasteiger partial charge in [-0.25, -0.2) is 13.6 Å². The Hall–Kier alpha value is -3.16.